The highest BCUT2D eigenvalue weighted by atomic mass is 35.5. The smallest absolute Gasteiger partial charge is 0.326 e. The molecule has 134 valence electrons. The lowest BCUT2D eigenvalue weighted by Crippen LogP contribution is -2.23. The van der Waals surface area contributed by atoms with Crippen molar-refractivity contribution in [3.63, 3.8) is 0 Å². The number of carbonyl (C=O) groups is 2. The minimum atomic E-state index is -0.420. The zero-order chi connectivity index (χ0) is 18.7. The third-order valence-corrected chi connectivity index (χ3v) is 5.05. The number of hydrogen-bond acceptors (Lipinski definition) is 4. The molecule has 2 aromatic carbocycles. The van der Waals surface area contributed by atoms with Gasteiger partial charge >= 0.3 is 5.97 Å². The van der Waals surface area contributed by atoms with Crippen LogP contribution < -0.4 is 4.80 Å². The van der Waals surface area contributed by atoms with Gasteiger partial charge in [0.05, 0.1) is 16.8 Å². The van der Waals surface area contributed by atoms with Crippen molar-refractivity contribution in [1.82, 2.24) is 4.57 Å². The molecule has 0 saturated carbocycles. The standard InChI is InChI=1S/C18H14Cl2N2O3S/c1-2-25-16(23)10-22-14-8-7-13(20)9-15(14)26-18(22)21-17(24)11-3-5-12(19)6-4-11/h3-9H,2,10H2,1H3. The molecule has 3 rings (SSSR count). The lowest BCUT2D eigenvalue weighted by Gasteiger charge is -2.05. The highest BCUT2D eigenvalue weighted by Gasteiger charge is 2.13. The van der Waals surface area contributed by atoms with Gasteiger partial charge in [-0.3, -0.25) is 9.59 Å². The molecule has 3 aromatic rings. The summed E-state index contributed by atoms with van der Waals surface area (Å²) in [5, 5.41) is 1.10. The molecular weight excluding hydrogens is 395 g/mol. The molecule has 0 aliphatic carbocycles. The summed E-state index contributed by atoms with van der Waals surface area (Å²) in [6, 6.07) is 11.8. The molecule has 5 nitrogen and oxygen atoms in total. The van der Waals surface area contributed by atoms with Crippen LogP contribution >= 0.6 is 34.5 Å². The first kappa shape index (κ1) is 18.6. The number of rotatable bonds is 4. The number of halogens is 2. The van der Waals surface area contributed by atoms with Gasteiger partial charge in [-0.1, -0.05) is 34.5 Å². The number of ether oxygens (including phenoxy) is 1. The third kappa shape index (κ3) is 4.15. The Morgan fingerprint density at radius 1 is 1.12 bits per heavy atom. The second kappa shape index (κ2) is 8.03. The molecule has 0 unspecified atom stereocenters. The monoisotopic (exact) mass is 408 g/mol. The van der Waals surface area contributed by atoms with E-state index in [2.05, 4.69) is 4.99 Å². The van der Waals surface area contributed by atoms with Crippen LogP contribution in [-0.4, -0.2) is 23.1 Å². The van der Waals surface area contributed by atoms with Gasteiger partial charge in [0.25, 0.3) is 5.91 Å². The number of amides is 1. The van der Waals surface area contributed by atoms with Crippen molar-refractivity contribution in [2.24, 2.45) is 4.99 Å². The Morgan fingerprint density at radius 3 is 2.50 bits per heavy atom. The van der Waals surface area contributed by atoms with Crippen LogP contribution in [0.1, 0.15) is 17.3 Å². The summed E-state index contributed by atoms with van der Waals surface area (Å²) in [6.45, 7) is 1.98. The summed E-state index contributed by atoms with van der Waals surface area (Å²) in [4.78, 5) is 29.0. The fraction of sp³-hybridized carbons (Fsp3) is 0.167. The van der Waals surface area contributed by atoms with E-state index >= 15 is 0 Å². The number of thiazole rings is 1. The molecule has 1 amide bonds. The molecular formula is C18H14Cl2N2O3S. The predicted molar refractivity (Wildman–Crippen MR) is 103 cm³/mol. The Labute approximate surface area is 163 Å². The van der Waals surface area contributed by atoms with E-state index in [0.717, 1.165) is 10.2 Å². The van der Waals surface area contributed by atoms with E-state index in [-0.39, 0.29) is 13.2 Å². The molecule has 26 heavy (non-hydrogen) atoms. The van der Waals surface area contributed by atoms with Crippen molar-refractivity contribution in [1.29, 1.82) is 0 Å². The van der Waals surface area contributed by atoms with Gasteiger partial charge in [0.2, 0.25) is 0 Å². The minimum Gasteiger partial charge on any atom is -0.465 e. The van der Waals surface area contributed by atoms with E-state index in [1.807, 2.05) is 0 Å². The number of benzene rings is 2. The highest BCUT2D eigenvalue weighted by molar-refractivity contribution is 7.16. The molecule has 0 atom stereocenters. The van der Waals surface area contributed by atoms with Gasteiger partial charge in [-0.25, -0.2) is 0 Å². The Hall–Kier alpha value is -2.15. The number of nitrogens with zero attached hydrogens (tertiary/aromatic N) is 2. The molecule has 0 bridgehead atoms. The van der Waals surface area contributed by atoms with Crippen molar-refractivity contribution < 1.29 is 14.3 Å². The minimum absolute atomic E-state index is 0.0395. The van der Waals surface area contributed by atoms with Crippen molar-refractivity contribution in [3.8, 4) is 0 Å². The highest BCUT2D eigenvalue weighted by Crippen LogP contribution is 2.22. The van der Waals surface area contributed by atoms with Crippen LogP contribution in [-0.2, 0) is 16.1 Å². The van der Waals surface area contributed by atoms with Crippen molar-refractivity contribution in [2.45, 2.75) is 13.5 Å². The molecule has 0 spiro atoms. The van der Waals surface area contributed by atoms with Gasteiger partial charge in [-0.15, -0.1) is 0 Å². The Morgan fingerprint density at radius 2 is 1.81 bits per heavy atom. The fourth-order valence-corrected chi connectivity index (χ4v) is 3.79. The Balaban J connectivity index is 2.09. The van der Waals surface area contributed by atoms with E-state index in [1.54, 1.807) is 54.0 Å². The maximum Gasteiger partial charge on any atom is 0.326 e. The van der Waals surface area contributed by atoms with Crippen LogP contribution in [0, 0.1) is 0 Å². The quantitative estimate of drug-likeness (QED) is 0.604. The van der Waals surface area contributed by atoms with Crippen LogP contribution in [0.5, 0.6) is 0 Å². The van der Waals surface area contributed by atoms with Gasteiger partial charge in [-0.05, 0) is 49.4 Å². The number of aromatic nitrogens is 1. The zero-order valence-corrected chi connectivity index (χ0v) is 16.1. The second-order valence-electron chi connectivity index (χ2n) is 5.31. The Kier molecular flexibility index (Phi) is 5.76. The topological polar surface area (TPSA) is 60.7 Å². The molecule has 0 fully saturated rings. The van der Waals surface area contributed by atoms with Gasteiger partial charge in [0.1, 0.15) is 6.54 Å². The van der Waals surface area contributed by atoms with Crippen molar-refractivity contribution >= 4 is 56.6 Å². The number of esters is 1. The SMILES string of the molecule is CCOC(=O)Cn1c(=NC(=O)c2ccc(Cl)cc2)sc2cc(Cl)ccc21. The first-order valence-corrected chi connectivity index (χ1v) is 9.34. The van der Waals surface area contributed by atoms with Crippen LogP contribution in [0.25, 0.3) is 10.2 Å². The van der Waals surface area contributed by atoms with E-state index in [0.29, 0.717) is 20.4 Å². The normalized spacial score (nSPS) is 11.7. The fourth-order valence-electron chi connectivity index (χ4n) is 2.36. The molecule has 0 aliphatic heterocycles. The summed E-state index contributed by atoms with van der Waals surface area (Å²) in [5.74, 6) is -0.820. The van der Waals surface area contributed by atoms with Gasteiger partial charge in [0, 0.05) is 15.6 Å². The van der Waals surface area contributed by atoms with Gasteiger partial charge in [0.15, 0.2) is 4.80 Å². The molecule has 8 heteroatoms. The number of carbonyl (C=O) groups excluding carboxylic acids is 2. The molecule has 0 radical (unpaired) electrons. The van der Waals surface area contributed by atoms with Crippen LogP contribution in [0.3, 0.4) is 0 Å². The van der Waals surface area contributed by atoms with E-state index in [4.69, 9.17) is 27.9 Å². The van der Waals surface area contributed by atoms with Crippen LogP contribution in [0.15, 0.2) is 47.5 Å². The summed E-state index contributed by atoms with van der Waals surface area (Å²) >= 11 is 13.2. The average Bonchev–Trinajstić information content (AvgIpc) is 2.92. The van der Waals surface area contributed by atoms with Crippen molar-refractivity contribution in [2.75, 3.05) is 6.61 Å². The lowest BCUT2D eigenvalue weighted by molar-refractivity contribution is -0.143. The third-order valence-electron chi connectivity index (χ3n) is 3.53. The largest absolute Gasteiger partial charge is 0.465 e. The molecule has 0 aliphatic rings. The molecule has 1 aromatic heterocycles. The van der Waals surface area contributed by atoms with Gasteiger partial charge in [-0.2, -0.15) is 4.99 Å². The summed E-state index contributed by atoms with van der Waals surface area (Å²) in [5.41, 5.74) is 1.17. The lowest BCUT2D eigenvalue weighted by atomic mass is 10.2. The number of fused-ring (bicyclic) bond motifs is 1. The molecule has 0 N–H and O–H groups in total. The summed E-state index contributed by atoms with van der Waals surface area (Å²) in [7, 11) is 0. The van der Waals surface area contributed by atoms with Crippen LogP contribution in [0.4, 0.5) is 0 Å². The van der Waals surface area contributed by atoms with Crippen LogP contribution in [0.2, 0.25) is 10.0 Å². The Bertz CT molecular complexity index is 1040. The maximum absolute atomic E-state index is 12.5. The van der Waals surface area contributed by atoms with E-state index in [1.165, 1.54) is 11.3 Å². The molecule has 0 saturated heterocycles. The first-order valence-electron chi connectivity index (χ1n) is 7.77. The van der Waals surface area contributed by atoms with E-state index < -0.39 is 11.9 Å². The predicted octanol–water partition coefficient (Wildman–Crippen LogP) is 4.31. The molecule has 1 heterocycles. The number of hydrogen-bond donors (Lipinski definition) is 0. The summed E-state index contributed by atoms with van der Waals surface area (Å²) in [6.07, 6.45) is 0. The zero-order valence-electron chi connectivity index (χ0n) is 13.7. The first-order chi connectivity index (χ1) is 12.5. The van der Waals surface area contributed by atoms with Gasteiger partial charge < -0.3 is 9.30 Å². The average molecular weight is 409 g/mol. The van der Waals surface area contributed by atoms with Crippen molar-refractivity contribution in [3.05, 3.63) is 62.9 Å². The summed E-state index contributed by atoms with van der Waals surface area (Å²) < 4.78 is 7.50. The second-order valence-corrected chi connectivity index (χ2v) is 7.19. The maximum atomic E-state index is 12.5. The van der Waals surface area contributed by atoms with E-state index in [9.17, 15) is 9.59 Å².